The number of aromatic nitrogens is 2. The quantitative estimate of drug-likeness (QED) is 0.881. The fourth-order valence-corrected chi connectivity index (χ4v) is 7.26. The lowest BCUT2D eigenvalue weighted by atomic mass is 9.53. The van der Waals surface area contributed by atoms with E-state index < -0.39 is 0 Å². The van der Waals surface area contributed by atoms with Gasteiger partial charge in [-0.3, -0.25) is 14.2 Å². The summed E-state index contributed by atoms with van der Waals surface area (Å²) in [5.74, 6) is 3.05. The van der Waals surface area contributed by atoms with Gasteiger partial charge in [0.05, 0.1) is 10.3 Å². The topological polar surface area (TPSA) is 64.0 Å². The van der Waals surface area contributed by atoms with Crippen LogP contribution in [0.4, 0.5) is 0 Å². The highest BCUT2D eigenvalue weighted by Gasteiger charge is 2.51. The second-order valence-corrected chi connectivity index (χ2v) is 9.91. The monoisotopic (exact) mass is 371 g/mol. The molecule has 4 aliphatic carbocycles. The Labute approximate surface area is 156 Å². The Kier molecular flexibility index (Phi) is 3.43. The lowest BCUT2D eigenvalue weighted by Gasteiger charge is -2.56. The fraction of sp³-hybridized carbons (Fsp3) is 0.650. The smallest absolute Gasteiger partial charge is 0.262 e. The summed E-state index contributed by atoms with van der Waals surface area (Å²) in [6.45, 7) is 3.71. The minimum Gasteiger partial charge on any atom is -0.346 e. The van der Waals surface area contributed by atoms with Crippen molar-refractivity contribution in [2.24, 2.45) is 24.8 Å². The number of nitrogens with one attached hydrogen (secondary N) is 1. The molecule has 0 spiro atoms. The Morgan fingerprint density at radius 2 is 1.73 bits per heavy atom. The Morgan fingerprint density at radius 3 is 2.31 bits per heavy atom. The van der Waals surface area contributed by atoms with Crippen molar-refractivity contribution < 1.29 is 4.79 Å². The van der Waals surface area contributed by atoms with Crippen molar-refractivity contribution in [3.63, 3.8) is 0 Å². The third-order valence-corrected chi connectivity index (χ3v) is 8.20. The van der Waals surface area contributed by atoms with Crippen LogP contribution in [-0.2, 0) is 7.05 Å². The van der Waals surface area contributed by atoms with Gasteiger partial charge in [-0.25, -0.2) is 4.98 Å². The maximum Gasteiger partial charge on any atom is 0.262 e. The van der Waals surface area contributed by atoms with E-state index in [9.17, 15) is 9.59 Å². The molecule has 4 aliphatic rings. The van der Waals surface area contributed by atoms with Gasteiger partial charge in [0, 0.05) is 12.6 Å². The number of hydrogen-bond donors (Lipinski definition) is 1. The Morgan fingerprint density at radius 1 is 1.15 bits per heavy atom. The van der Waals surface area contributed by atoms with Gasteiger partial charge in [-0.1, -0.05) is 0 Å². The maximum atomic E-state index is 13.2. The number of hydrogen-bond acceptors (Lipinski definition) is 4. The SMILES string of the molecule is Cc1c(C(=O)NC23CC4CC(CC(C4)C2)C3)sc2nc(C)n(C)c(=O)c12. The Balaban J connectivity index is 1.51. The second-order valence-electron chi connectivity index (χ2n) is 8.91. The van der Waals surface area contributed by atoms with E-state index in [4.69, 9.17) is 0 Å². The highest BCUT2D eigenvalue weighted by Crippen LogP contribution is 2.55. The van der Waals surface area contributed by atoms with Crippen molar-refractivity contribution in [3.05, 3.63) is 26.6 Å². The van der Waals surface area contributed by atoms with Gasteiger partial charge in [0.25, 0.3) is 11.5 Å². The number of fused-ring (bicyclic) bond motifs is 1. The molecule has 2 heterocycles. The van der Waals surface area contributed by atoms with Crippen LogP contribution in [0, 0.1) is 31.6 Å². The molecular formula is C20H25N3O2S. The van der Waals surface area contributed by atoms with Gasteiger partial charge in [-0.15, -0.1) is 11.3 Å². The van der Waals surface area contributed by atoms with Crippen LogP contribution in [0.25, 0.3) is 10.2 Å². The highest BCUT2D eigenvalue weighted by molar-refractivity contribution is 7.20. The molecular weight excluding hydrogens is 346 g/mol. The number of aryl methyl sites for hydroxylation is 2. The lowest BCUT2D eigenvalue weighted by molar-refractivity contribution is -0.0166. The molecule has 1 N–H and O–H groups in total. The van der Waals surface area contributed by atoms with Crippen LogP contribution in [0.2, 0.25) is 0 Å². The Hall–Kier alpha value is -1.69. The van der Waals surface area contributed by atoms with Crippen molar-refractivity contribution in [2.45, 2.75) is 57.9 Å². The molecule has 2 aromatic rings. The van der Waals surface area contributed by atoms with E-state index >= 15 is 0 Å². The molecule has 0 aliphatic heterocycles. The number of nitrogens with zero attached hydrogens (tertiary/aromatic N) is 2. The zero-order chi connectivity index (χ0) is 18.2. The number of rotatable bonds is 2. The van der Waals surface area contributed by atoms with Gasteiger partial charge in [-0.2, -0.15) is 0 Å². The summed E-state index contributed by atoms with van der Waals surface area (Å²) in [5.41, 5.74) is 0.707. The summed E-state index contributed by atoms with van der Waals surface area (Å²) in [6, 6.07) is 0. The van der Waals surface area contributed by atoms with Gasteiger partial charge >= 0.3 is 0 Å². The average Bonchev–Trinajstić information content (AvgIpc) is 2.87. The van der Waals surface area contributed by atoms with Crippen LogP contribution in [0.5, 0.6) is 0 Å². The van der Waals surface area contributed by atoms with Crippen LogP contribution < -0.4 is 10.9 Å². The zero-order valence-electron chi connectivity index (χ0n) is 15.6. The number of carbonyl (C=O) groups excluding carboxylic acids is 1. The third-order valence-electron chi connectivity index (χ3n) is 7.02. The standard InChI is InChI=1S/C20H25N3O2S/c1-10-15-18(21-11(2)23(3)19(15)25)26-16(10)17(24)22-20-7-12-4-13(8-20)6-14(5-12)9-20/h12-14H,4-9H2,1-3H3,(H,22,24). The largest absolute Gasteiger partial charge is 0.346 e. The molecule has 0 atom stereocenters. The minimum atomic E-state index is -0.0601. The molecule has 4 bridgehead atoms. The molecule has 0 aromatic carbocycles. The van der Waals surface area contributed by atoms with E-state index in [1.54, 1.807) is 11.6 Å². The molecule has 6 rings (SSSR count). The first-order valence-electron chi connectivity index (χ1n) is 9.64. The summed E-state index contributed by atoms with van der Waals surface area (Å²) in [4.78, 5) is 31.6. The molecule has 138 valence electrons. The predicted octanol–water partition coefficient (Wildman–Crippen LogP) is 3.31. The molecule has 0 unspecified atom stereocenters. The molecule has 1 amide bonds. The van der Waals surface area contributed by atoms with Crippen molar-refractivity contribution in [1.82, 2.24) is 14.9 Å². The minimum absolute atomic E-state index is 0.00726. The molecule has 6 heteroatoms. The normalized spacial score (nSPS) is 32.3. The van der Waals surface area contributed by atoms with Crippen molar-refractivity contribution in [3.8, 4) is 0 Å². The summed E-state index contributed by atoms with van der Waals surface area (Å²) >= 11 is 1.36. The van der Waals surface area contributed by atoms with Crippen LogP contribution in [0.3, 0.4) is 0 Å². The summed E-state index contributed by atoms with van der Waals surface area (Å²) in [7, 11) is 1.73. The predicted molar refractivity (Wildman–Crippen MR) is 103 cm³/mol. The highest BCUT2D eigenvalue weighted by atomic mass is 32.1. The molecule has 26 heavy (non-hydrogen) atoms. The van der Waals surface area contributed by atoms with E-state index in [0.717, 1.165) is 42.6 Å². The van der Waals surface area contributed by atoms with Gasteiger partial charge in [-0.05, 0) is 75.7 Å². The van der Waals surface area contributed by atoms with Crippen molar-refractivity contribution in [2.75, 3.05) is 0 Å². The van der Waals surface area contributed by atoms with E-state index in [0.29, 0.717) is 20.9 Å². The van der Waals surface area contributed by atoms with Gasteiger partial charge < -0.3 is 5.32 Å². The molecule has 0 radical (unpaired) electrons. The second kappa shape index (κ2) is 5.41. The number of carbonyl (C=O) groups is 1. The molecule has 0 saturated heterocycles. The number of thiophene rings is 1. The zero-order valence-corrected chi connectivity index (χ0v) is 16.4. The van der Waals surface area contributed by atoms with Crippen LogP contribution in [0.15, 0.2) is 4.79 Å². The van der Waals surface area contributed by atoms with E-state index in [2.05, 4.69) is 10.3 Å². The first-order valence-corrected chi connectivity index (χ1v) is 10.5. The Bertz CT molecular complexity index is 952. The summed E-state index contributed by atoms with van der Waals surface area (Å²) in [6.07, 6.45) is 7.47. The van der Waals surface area contributed by atoms with E-state index in [1.165, 1.54) is 30.6 Å². The van der Waals surface area contributed by atoms with Crippen molar-refractivity contribution >= 4 is 27.5 Å². The number of amides is 1. The van der Waals surface area contributed by atoms with Crippen LogP contribution in [0.1, 0.15) is 59.6 Å². The third kappa shape index (κ3) is 2.30. The van der Waals surface area contributed by atoms with E-state index in [1.807, 2.05) is 13.8 Å². The molecule has 2 aromatic heterocycles. The van der Waals surface area contributed by atoms with Gasteiger partial charge in [0.1, 0.15) is 10.7 Å². The molecule has 5 nitrogen and oxygen atoms in total. The first-order chi connectivity index (χ1) is 12.3. The average molecular weight is 372 g/mol. The van der Waals surface area contributed by atoms with E-state index in [-0.39, 0.29) is 17.0 Å². The maximum absolute atomic E-state index is 13.2. The summed E-state index contributed by atoms with van der Waals surface area (Å²) in [5, 5.41) is 4.02. The lowest BCUT2D eigenvalue weighted by Crippen LogP contribution is -2.59. The first kappa shape index (κ1) is 16.5. The molecule has 4 fully saturated rings. The van der Waals surface area contributed by atoms with Crippen LogP contribution >= 0.6 is 11.3 Å². The van der Waals surface area contributed by atoms with Gasteiger partial charge in [0.15, 0.2) is 0 Å². The van der Waals surface area contributed by atoms with Crippen LogP contribution in [-0.4, -0.2) is 21.0 Å². The molecule has 4 saturated carbocycles. The summed E-state index contributed by atoms with van der Waals surface area (Å²) < 4.78 is 1.56. The van der Waals surface area contributed by atoms with Crippen molar-refractivity contribution in [1.29, 1.82) is 0 Å². The fourth-order valence-electron chi connectivity index (χ4n) is 6.14. The van der Waals surface area contributed by atoms with Gasteiger partial charge in [0.2, 0.25) is 0 Å².